The summed E-state index contributed by atoms with van der Waals surface area (Å²) in [4.78, 5) is 11.7. The first kappa shape index (κ1) is 31.4. The molecule has 15 atom stereocenters. The fraction of sp³-hybridized carbons (Fsp3) is 0.952. The minimum Gasteiger partial charge on any atom is -0.394 e. The Kier molecular flexibility index (Phi) is 11.1. The zero-order valence-electron chi connectivity index (χ0n) is 20.7. The van der Waals surface area contributed by atoms with Crippen molar-refractivity contribution in [2.75, 3.05) is 26.9 Å². The summed E-state index contributed by atoms with van der Waals surface area (Å²) in [6.07, 6.45) is -21.5. The summed E-state index contributed by atoms with van der Waals surface area (Å²) in [5.74, 6) is -0.619. The normalized spacial score (nSPS) is 48.0. The number of aliphatic hydroxyl groups is 9. The van der Waals surface area contributed by atoms with E-state index in [0.717, 1.165) is 6.92 Å². The van der Waals surface area contributed by atoms with Gasteiger partial charge < -0.3 is 79.7 Å². The van der Waals surface area contributed by atoms with Crippen LogP contribution in [0, 0.1) is 0 Å². The van der Waals surface area contributed by atoms with Crippen LogP contribution < -0.4 is 5.32 Å². The van der Waals surface area contributed by atoms with Crippen molar-refractivity contribution in [3.63, 3.8) is 0 Å². The van der Waals surface area contributed by atoms with Crippen molar-refractivity contribution in [2.45, 2.75) is 99.0 Å². The first-order chi connectivity index (χ1) is 17.9. The molecule has 0 saturated carbocycles. The number of aliphatic hydroxyl groups excluding tert-OH is 9. The second-order valence-electron chi connectivity index (χ2n) is 9.32. The van der Waals surface area contributed by atoms with Crippen LogP contribution in [-0.4, -0.2) is 171 Å². The molecular formula is C21H37NO16. The van der Waals surface area contributed by atoms with Crippen LogP contribution in [0.15, 0.2) is 0 Å². The first-order valence-corrected chi connectivity index (χ1v) is 12.0. The van der Waals surface area contributed by atoms with E-state index in [2.05, 4.69) is 5.32 Å². The van der Waals surface area contributed by atoms with Crippen LogP contribution in [0.3, 0.4) is 0 Å². The molecule has 3 saturated heterocycles. The summed E-state index contributed by atoms with van der Waals surface area (Å²) in [5.41, 5.74) is 0. The molecule has 1 amide bonds. The van der Waals surface area contributed by atoms with E-state index in [1.54, 1.807) is 0 Å². The molecule has 222 valence electrons. The molecule has 0 radical (unpaired) electrons. The number of carbonyl (C=O) groups is 1. The second-order valence-corrected chi connectivity index (χ2v) is 9.32. The molecule has 38 heavy (non-hydrogen) atoms. The molecule has 17 heteroatoms. The Morgan fingerprint density at radius 2 is 1.34 bits per heavy atom. The van der Waals surface area contributed by atoms with Crippen LogP contribution in [0.4, 0.5) is 0 Å². The maximum absolute atomic E-state index is 11.7. The predicted molar refractivity (Wildman–Crippen MR) is 118 cm³/mol. The lowest BCUT2D eigenvalue weighted by molar-refractivity contribution is -0.363. The van der Waals surface area contributed by atoms with Gasteiger partial charge in [-0.2, -0.15) is 0 Å². The highest BCUT2D eigenvalue weighted by Crippen LogP contribution is 2.31. The number of nitrogens with one attached hydrogen (secondary N) is 1. The van der Waals surface area contributed by atoms with Gasteiger partial charge in [-0.25, -0.2) is 0 Å². The second kappa shape index (κ2) is 13.5. The molecule has 0 unspecified atom stereocenters. The molecule has 0 aromatic carbocycles. The van der Waals surface area contributed by atoms with Crippen LogP contribution in [-0.2, 0) is 33.2 Å². The van der Waals surface area contributed by atoms with Gasteiger partial charge in [-0.3, -0.25) is 4.79 Å². The van der Waals surface area contributed by atoms with Crippen LogP contribution >= 0.6 is 0 Å². The lowest BCUT2D eigenvalue weighted by Gasteiger charge is -2.48. The van der Waals surface area contributed by atoms with E-state index < -0.39 is 118 Å². The number of amides is 1. The number of rotatable bonds is 9. The summed E-state index contributed by atoms with van der Waals surface area (Å²) in [6.45, 7) is -0.785. The van der Waals surface area contributed by atoms with E-state index in [-0.39, 0.29) is 0 Å². The smallest absolute Gasteiger partial charge is 0.217 e. The highest BCUT2D eigenvalue weighted by Gasteiger charge is 2.52. The van der Waals surface area contributed by atoms with Gasteiger partial charge in [0, 0.05) is 14.0 Å². The number of methoxy groups -OCH3 is 1. The van der Waals surface area contributed by atoms with Crippen molar-refractivity contribution in [3.8, 4) is 0 Å². The number of hydrogen-bond acceptors (Lipinski definition) is 16. The fourth-order valence-corrected chi connectivity index (χ4v) is 4.61. The Morgan fingerprint density at radius 3 is 1.92 bits per heavy atom. The van der Waals surface area contributed by atoms with E-state index in [1.807, 2.05) is 0 Å². The SMILES string of the molecule is CO[C@H]1[C@H](O)[C@H](O[C@@H]2O[C@H](CO)[C@@H](O)[C@H](O)[C@H]2NC(C)=O)[C@@H](OC[C@H]2O[C@@H](O)[C@H](O)[C@@H](O)[C@@H]2O)O[C@@H]1CO. The van der Waals surface area contributed by atoms with Gasteiger partial charge in [-0.15, -0.1) is 0 Å². The number of ether oxygens (including phenoxy) is 6. The maximum atomic E-state index is 11.7. The zero-order chi connectivity index (χ0) is 28.3. The lowest BCUT2D eigenvalue weighted by atomic mass is 9.95. The average molecular weight is 560 g/mol. The number of carbonyl (C=O) groups excluding carboxylic acids is 1. The topological polar surface area (TPSA) is 267 Å². The fourth-order valence-electron chi connectivity index (χ4n) is 4.61. The molecule has 0 aliphatic carbocycles. The third-order valence-electron chi connectivity index (χ3n) is 6.72. The standard InChI is InChI=1S/C21H37NO16/c1-6(25)22-10-13(28)11(26)7(3-23)36-20(10)38-18-16(31)17(33-2)8(4-24)37-21(18)34-5-9-12(27)14(29)15(30)19(32)35-9/h7-21,23-24,26-32H,3-5H2,1-2H3,(H,22,25)/t7-,8-,9-,10-,11-,12-,13-,14+,15-,16+,17-,18+,19-,20+,21+/m1/s1. The lowest BCUT2D eigenvalue weighted by Crippen LogP contribution is -2.68. The van der Waals surface area contributed by atoms with E-state index >= 15 is 0 Å². The molecule has 0 aromatic heterocycles. The summed E-state index contributed by atoms with van der Waals surface area (Å²) < 4.78 is 33.0. The minimum absolute atomic E-state index is 0.573. The molecule has 17 nitrogen and oxygen atoms in total. The van der Waals surface area contributed by atoms with Crippen LogP contribution in [0.2, 0.25) is 0 Å². The molecular weight excluding hydrogens is 522 g/mol. The summed E-state index contributed by atoms with van der Waals surface area (Å²) in [5, 5.41) is 93.0. The van der Waals surface area contributed by atoms with Gasteiger partial charge in [0.05, 0.1) is 19.8 Å². The highest BCUT2D eigenvalue weighted by molar-refractivity contribution is 5.73. The van der Waals surface area contributed by atoms with Crippen molar-refractivity contribution < 1.29 is 79.2 Å². The summed E-state index contributed by atoms with van der Waals surface area (Å²) in [7, 11) is 1.23. The quantitative estimate of drug-likeness (QED) is 0.126. The molecule has 3 aliphatic rings. The molecule has 3 aliphatic heterocycles. The largest absolute Gasteiger partial charge is 0.394 e. The van der Waals surface area contributed by atoms with Gasteiger partial charge in [0.15, 0.2) is 18.9 Å². The van der Waals surface area contributed by atoms with Gasteiger partial charge in [0.25, 0.3) is 0 Å². The van der Waals surface area contributed by atoms with Crippen molar-refractivity contribution in [1.82, 2.24) is 5.32 Å². The van der Waals surface area contributed by atoms with E-state index in [4.69, 9.17) is 28.4 Å². The molecule has 0 aromatic rings. The molecule has 3 rings (SSSR count). The zero-order valence-corrected chi connectivity index (χ0v) is 20.7. The Morgan fingerprint density at radius 1 is 0.737 bits per heavy atom. The van der Waals surface area contributed by atoms with Gasteiger partial charge in [0.2, 0.25) is 5.91 Å². The van der Waals surface area contributed by atoms with Crippen molar-refractivity contribution in [1.29, 1.82) is 0 Å². The Balaban J connectivity index is 1.83. The van der Waals surface area contributed by atoms with Crippen molar-refractivity contribution in [3.05, 3.63) is 0 Å². The van der Waals surface area contributed by atoms with E-state index in [0.29, 0.717) is 0 Å². The van der Waals surface area contributed by atoms with Gasteiger partial charge in [0.1, 0.15) is 73.2 Å². The minimum atomic E-state index is -1.84. The predicted octanol–water partition coefficient (Wildman–Crippen LogP) is -6.78. The van der Waals surface area contributed by atoms with Crippen LogP contribution in [0.1, 0.15) is 6.92 Å². The van der Waals surface area contributed by atoms with Crippen molar-refractivity contribution in [2.24, 2.45) is 0 Å². The Bertz CT molecular complexity index is 763. The monoisotopic (exact) mass is 559 g/mol. The van der Waals surface area contributed by atoms with Gasteiger partial charge in [-0.05, 0) is 0 Å². The summed E-state index contributed by atoms with van der Waals surface area (Å²) >= 11 is 0. The highest BCUT2D eigenvalue weighted by atomic mass is 16.8. The third-order valence-corrected chi connectivity index (χ3v) is 6.72. The average Bonchev–Trinajstić information content (AvgIpc) is 2.89. The van der Waals surface area contributed by atoms with E-state index in [9.17, 15) is 50.8 Å². The number of hydrogen-bond donors (Lipinski definition) is 10. The molecule has 10 N–H and O–H groups in total. The molecule has 0 spiro atoms. The van der Waals surface area contributed by atoms with Crippen LogP contribution in [0.25, 0.3) is 0 Å². The first-order valence-electron chi connectivity index (χ1n) is 12.0. The molecule has 0 bridgehead atoms. The summed E-state index contributed by atoms with van der Waals surface area (Å²) in [6, 6.07) is -1.37. The van der Waals surface area contributed by atoms with E-state index in [1.165, 1.54) is 7.11 Å². The maximum Gasteiger partial charge on any atom is 0.217 e. The van der Waals surface area contributed by atoms with Crippen LogP contribution in [0.5, 0.6) is 0 Å². The van der Waals surface area contributed by atoms with Gasteiger partial charge >= 0.3 is 0 Å². The van der Waals surface area contributed by atoms with Crippen molar-refractivity contribution >= 4 is 5.91 Å². The molecule has 3 fully saturated rings. The van der Waals surface area contributed by atoms with Gasteiger partial charge in [-0.1, -0.05) is 0 Å². The Hall–Kier alpha value is -1.13. The third kappa shape index (κ3) is 6.60. The Labute approximate surface area is 217 Å². The molecule has 3 heterocycles.